The van der Waals surface area contributed by atoms with Gasteiger partial charge in [-0.3, -0.25) is 10.1 Å². The van der Waals surface area contributed by atoms with Gasteiger partial charge in [0.25, 0.3) is 5.69 Å². The summed E-state index contributed by atoms with van der Waals surface area (Å²) in [6.07, 6.45) is 3.34. The van der Waals surface area contributed by atoms with Crippen LogP contribution in [0.1, 0.15) is 17.5 Å². The number of benzene rings is 1. The molecular weight excluding hydrogens is 266 g/mol. The lowest BCUT2D eigenvalue weighted by molar-refractivity contribution is -0.385. The highest BCUT2D eigenvalue weighted by molar-refractivity contribution is 5.49. The van der Waals surface area contributed by atoms with Gasteiger partial charge in [0, 0.05) is 19.7 Å². The maximum Gasteiger partial charge on any atom is 0.287 e. The Kier molecular flexibility index (Phi) is 4.87. The number of hydrogen-bond acceptors (Lipinski definition) is 4. The fourth-order valence-electron chi connectivity index (χ4n) is 2.32. The van der Waals surface area contributed by atoms with Crippen LogP contribution in [0.2, 0.25) is 0 Å². The predicted octanol–water partition coefficient (Wildman–Crippen LogP) is 3.37. The van der Waals surface area contributed by atoms with Crippen molar-refractivity contribution in [2.24, 2.45) is 0 Å². The summed E-state index contributed by atoms with van der Waals surface area (Å²) in [5, 5.41) is 10.7. The normalized spacial score (nSPS) is 10.4. The van der Waals surface area contributed by atoms with Gasteiger partial charge >= 0.3 is 0 Å². The molecule has 110 valence electrons. The van der Waals surface area contributed by atoms with Crippen molar-refractivity contribution in [3.8, 4) is 0 Å². The molecule has 21 heavy (non-hydrogen) atoms. The average Bonchev–Trinajstić information content (AvgIpc) is 2.48. The van der Waals surface area contributed by atoms with E-state index in [2.05, 4.69) is 17.1 Å². The number of rotatable bonds is 6. The highest BCUT2D eigenvalue weighted by Crippen LogP contribution is 2.20. The summed E-state index contributed by atoms with van der Waals surface area (Å²) in [4.78, 5) is 16.6. The molecule has 5 heteroatoms. The van der Waals surface area contributed by atoms with E-state index in [0.717, 1.165) is 30.8 Å². The number of aromatic nitrogens is 1. The van der Waals surface area contributed by atoms with Crippen molar-refractivity contribution < 1.29 is 4.92 Å². The standard InChI is InChI=1S/C16H19N3O2/c1-13-11-15(19(20)21)12-17-16(13)18(2)10-6-9-14-7-4-3-5-8-14/h3-5,7-8,11-12H,6,9-10H2,1-2H3. The van der Waals surface area contributed by atoms with Crippen molar-refractivity contribution in [3.63, 3.8) is 0 Å². The first-order valence-electron chi connectivity index (χ1n) is 6.94. The van der Waals surface area contributed by atoms with Crippen LogP contribution in [0.4, 0.5) is 11.5 Å². The summed E-state index contributed by atoms with van der Waals surface area (Å²) in [5.74, 6) is 0.800. The monoisotopic (exact) mass is 285 g/mol. The maximum atomic E-state index is 10.7. The van der Waals surface area contributed by atoms with Crippen LogP contribution in [-0.2, 0) is 6.42 Å². The molecule has 1 heterocycles. The SMILES string of the molecule is Cc1cc([N+](=O)[O-])cnc1N(C)CCCc1ccccc1. The Morgan fingerprint density at radius 2 is 2.00 bits per heavy atom. The van der Waals surface area contributed by atoms with E-state index in [-0.39, 0.29) is 5.69 Å². The fraction of sp³-hybridized carbons (Fsp3) is 0.312. The Morgan fingerprint density at radius 1 is 1.29 bits per heavy atom. The highest BCUT2D eigenvalue weighted by Gasteiger charge is 2.12. The molecule has 0 fully saturated rings. The van der Waals surface area contributed by atoms with Gasteiger partial charge in [-0.15, -0.1) is 0 Å². The van der Waals surface area contributed by atoms with Crippen LogP contribution >= 0.6 is 0 Å². The van der Waals surface area contributed by atoms with Crippen molar-refractivity contribution in [1.29, 1.82) is 0 Å². The Morgan fingerprint density at radius 3 is 2.62 bits per heavy atom. The van der Waals surface area contributed by atoms with Gasteiger partial charge in [0.15, 0.2) is 0 Å². The van der Waals surface area contributed by atoms with Crippen molar-refractivity contribution in [2.75, 3.05) is 18.5 Å². The lowest BCUT2D eigenvalue weighted by Crippen LogP contribution is -2.21. The molecule has 0 atom stereocenters. The second-order valence-corrected chi connectivity index (χ2v) is 5.10. The van der Waals surface area contributed by atoms with E-state index >= 15 is 0 Å². The highest BCUT2D eigenvalue weighted by atomic mass is 16.6. The molecule has 5 nitrogen and oxygen atoms in total. The number of nitrogens with zero attached hydrogens (tertiary/aromatic N) is 3. The molecule has 2 aromatic rings. The lowest BCUT2D eigenvalue weighted by Gasteiger charge is -2.19. The molecule has 0 radical (unpaired) electrons. The molecule has 0 bridgehead atoms. The fourth-order valence-corrected chi connectivity index (χ4v) is 2.32. The molecule has 0 saturated heterocycles. The van der Waals surface area contributed by atoms with Crippen LogP contribution in [-0.4, -0.2) is 23.5 Å². The molecule has 2 rings (SSSR count). The Labute approximate surface area is 124 Å². The van der Waals surface area contributed by atoms with E-state index in [4.69, 9.17) is 0 Å². The van der Waals surface area contributed by atoms with Crippen molar-refractivity contribution >= 4 is 11.5 Å². The van der Waals surface area contributed by atoms with E-state index in [9.17, 15) is 10.1 Å². The number of aryl methyl sites for hydroxylation is 2. The molecule has 0 aliphatic carbocycles. The summed E-state index contributed by atoms with van der Waals surface area (Å²) >= 11 is 0. The van der Waals surface area contributed by atoms with Crippen molar-refractivity contribution in [2.45, 2.75) is 19.8 Å². The minimum absolute atomic E-state index is 0.0361. The van der Waals surface area contributed by atoms with E-state index in [1.807, 2.05) is 37.1 Å². The predicted molar refractivity (Wildman–Crippen MR) is 83.7 cm³/mol. The molecule has 0 aliphatic heterocycles. The van der Waals surface area contributed by atoms with Gasteiger partial charge in [-0.25, -0.2) is 4.98 Å². The molecule has 0 spiro atoms. The second-order valence-electron chi connectivity index (χ2n) is 5.10. The van der Waals surface area contributed by atoms with Crippen molar-refractivity contribution in [1.82, 2.24) is 4.98 Å². The third-order valence-corrected chi connectivity index (χ3v) is 3.41. The molecule has 0 N–H and O–H groups in total. The molecule has 0 amide bonds. The van der Waals surface area contributed by atoms with Gasteiger partial charge in [-0.2, -0.15) is 0 Å². The topological polar surface area (TPSA) is 59.3 Å². The van der Waals surface area contributed by atoms with Gasteiger partial charge in [-0.1, -0.05) is 30.3 Å². The number of hydrogen-bond donors (Lipinski definition) is 0. The van der Waals surface area contributed by atoms with Gasteiger partial charge < -0.3 is 4.90 Å². The maximum absolute atomic E-state index is 10.7. The Balaban J connectivity index is 1.94. The smallest absolute Gasteiger partial charge is 0.287 e. The Hall–Kier alpha value is -2.43. The quantitative estimate of drug-likeness (QED) is 0.603. The second kappa shape index (κ2) is 6.83. The van der Waals surface area contributed by atoms with Gasteiger partial charge in [0.1, 0.15) is 12.0 Å². The van der Waals surface area contributed by atoms with Crippen LogP contribution in [0.15, 0.2) is 42.6 Å². The summed E-state index contributed by atoms with van der Waals surface area (Å²) in [7, 11) is 1.96. The molecule has 1 aromatic heterocycles. The zero-order valence-electron chi connectivity index (χ0n) is 12.3. The summed E-state index contributed by atoms with van der Waals surface area (Å²) in [6, 6.07) is 11.9. The first-order chi connectivity index (χ1) is 10.1. The zero-order chi connectivity index (χ0) is 15.2. The minimum atomic E-state index is -0.417. The lowest BCUT2D eigenvalue weighted by atomic mass is 10.1. The average molecular weight is 285 g/mol. The zero-order valence-corrected chi connectivity index (χ0v) is 12.3. The van der Waals surface area contributed by atoms with E-state index in [0.29, 0.717) is 0 Å². The van der Waals surface area contributed by atoms with Crippen LogP contribution in [0, 0.1) is 17.0 Å². The first kappa shape index (κ1) is 15.0. The van der Waals surface area contributed by atoms with Crippen LogP contribution in [0.3, 0.4) is 0 Å². The van der Waals surface area contributed by atoms with Gasteiger partial charge in [0.2, 0.25) is 0 Å². The third-order valence-electron chi connectivity index (χ3n) is 3.41. The summed E-state index contributed by atoms with van der Waals surface area (Å²) < 4.78 is 0. The van der Waals surface area contributed by atoms with Gasteiger partial charge in [-0.05, 0) is 30.9 Å². The molecule has 0 unspecified atom stereocenters. The van der Waals surface area contributed by atoms with E-state index in [1.165, 1.54) is 11.8 Å². The number of anilines is 1. The van der Waals surface area contributed by atoms with E-state index < -0.39 is 4.92 Å². The van der Waals surface area contributed by atoms with Crippen molar-refractivity contribution in [3.05, 3.63) is 63.8 Å². The van der Waals surface area contributed by atoms with Gasteiger partial charge in [0.05, 0.1) is 4.92 Å². The number of nitro groups is 1. The van der Waals surface area contributed by atoms with Crippen LogP contribution < -0.4 is 4.90 Å². The van der Waals surface area contributed by atoms with Crippen LogP contribution in [0.5, 0.6) is 0 Å². The Bertz CT molecular complexity index is 614. The minimum Gasteiger partial charge on any atom is -0.359 e. The molecule has 1 aromatic carbocycles. The molecular formula is C16H19N3O2. The largest absolute Gasteiger partial charge is 0.359 e. The summed E-state index contributed by atoms with van der Waals surface area (Å²) in [5.41, 5.74) is 2.18. The summed E-state index contributed by atoms with van der Waals surface area (Å²) in [6.45, 7) is 2.71. The van der Waals surface area contributed by atoms with E-state index in [1.54, 1.807) is 6.07 Å². The molecule has 0 saturated carbocycles. The first-order valence-corrected chi connectivity index (χ1v) is 6.94. The third kappa shape index (κ3) is 4.02. The molecule has 0 aliphatic rings. The number of pyridine rings is 1. The van der Waals surface area contributed by atoms with Crippen LogP contribution in [0.25, 0.3) is 0 Å².